The molecule has 0 aliphatic heterocycles. The van der Waals surface area contributed by atoms with Gasteiger partial charge in [0.2, 0.25) is 0 Å². The Hall–Kier alpha value is -7.35. The number of H-pyrrole nitrogens is 2. The van der Waals surface area contributed by atoms with E-state index in [0.29, 0.717) is 63.6 Å². The second-order valence-corrected chi connectivity index (χ2v) is 48.9. The number of aryl methyl sites for hydroxylation is 2. The molecule has 3 fully saturated rings. The zero-order chi connectivity index (χ0) is 104. The summed E-state index contributed by atoms with van der Waals surface area (Å²) in [4.78, 5) is 16.7. The van der Waals surface area contributed by atoms with E-state index in [0.717, 1.165) is 111 Å². The van der Waals surface area contributed by atoms with Gasteiger partial charge in [0.1, 0.15) is 17.4 Å². The summed E-state index contributed by atoms with van der Waals surface area (Å²) in [6, 6.07) is 55.0. The first-order chi connectivity index (χ1) is 65.0. The maximum absolute atomic E-state index is 11.7. The minimum atomic E-state index is -3.06. The predicted molar refractivity (Wildman–Crippen MR) is 617 cm³/mol. The fraction of sp³-hybridized carbons (Fsp3) is 0.571. The number of nitrogens with one attached hydrogen (secondary N) is 2. The fourth-order valence-corrected chi connectivity index (χ4v) is 18.6. The largest absolute Gasteiger partial charge is 0.472 e. The van der Waals surface area contributed by atoms with E-state index in [4.69, 9.17) is 8.83 Å². The highest BCUT2D eigenvalue weighted by molar-refractivity contribution is 9.10. The number of hydrogen-bond acceptors (Lipinski definition) is 8. The molecule has 4 atom stereocenters. The highest BCUT2D eigenvalue weighted by Gasteiger charge is 2.37. The molecule has 12 heteroatoms. The monoisotopic (exact) mass is 2010 g/mol. The molecular weight excluding hydrogens is 1810 g/mol. The second kappa shape index (κ2) is 72.8. The van der Waals surface area contributed by atoms with Crippen molar-refractivity contribution < 1.29 is 17.3 Å². The van der Waals surface area contributed by atoms with Gasteiger partial charge in [0.05, 0.1) is 40.5 Å². The molecule has 11 aromatic rings. The van der Waals surface area contributed by atoms with Gasteiger partial charge in [-0.3, -0.25) is 0 Å². The summed E-state index contributed by atoms with van der Waals surface area (Å²) in [7, 11) is -3.06. The third kappa shape index (κ3) is 59.5. The number of sulfone groups is 1. The average Bonchev–Trinajstić information content (AvgIpc) is 1.65. The van der Waals surface area contributed by atoms with Crippen molar-refractivity contribution in [3.8, 4) is 0 Å². The standard InChI is InChI=1S/C11H16O2S.C10H13Br.C10H12N2.C10H16.2C10H14.C9H18.C8H16.C8H18.2C7H10O.2C7H10S.C6H10N2.C6H12/c1-10(2)8-9-14(12,13)11-6-4-3-5-7-11;1-8(2)7-9-3-5-10(11)6-4-9;1-7(2)10-11-8-5-3-4-6-9(8)12-10;1-7(2)10-6-8-3-4-9(10)5-8;2*1-8(2)10-6-4-9(3)5-7-10;1-8(2)9-6-4-3-5-7-9;1-8(2,3)7-5-4-6-7;1-5-6-8(4)7(2)3;1-6(2)7-3-4-8-5-7;1-6(2)7-4-3-5-8-7;1-6(2)7-3-4-8-5-7;1-6(2)7-4-3-5-8-7;1-5(2)6-7-3-4-8-6;1-4-5-6(2)3/h3-7,10H,8-9H2,1-2H3;3-6,8H,7H2,1-2H3;3-7H,1-2H3,(H,11,12);3-4,7-10H,5-6H2,1-2H3;2*4-8H,1-3H3;8-9H,3-7H2,1-2H3;7H,4-6H2,1-3H3;7-8H,5-6H2,1-4H3;4*3-6H,1-2H3;3-5H,1-2H3,(H,7,8);4,6H,1,5H2,2-3H3. The van der Waals surface area contributed by atoms with Crippen molar-refractivity contribution in [3.63, 3.8) is 0 Å². The number of fused-ring (bicyclic) bond motifs is 3. The van der Waals surface area contributed by atoms with Crippen molar-refractivity contribution >= 4 is 59.5 Å². The maximum Gasteiger partial charge on any atom is 0.178 e. The fourth-order valence-electron chi connectivity index (χ4n) is 15.2. The topological polar surface area (TPSA) is 118 Å². The van der Waals surface area contributed by atoms with Crippen molar-refractivity contribution in [2.75, 3.05) is 5.75 Å². The summed E-state index contributed by atoms with van der Waals surface area (Å²) in [5, 5.41) is 6.44. The van der Waals surface area contributed by atoms with Crippen LogP contribution in [-0.2, 0) is 16.3 Å². The van der Waals surface area contributed by atoms with Gasteiger partial charge in [-0.15, -0.1) is 17.9 Å². The zero-order valence-electron chi connectivity index (χ0n) is 93.6. The number of rotatable bonds is 21. The summed E-state index contributed by atoms with van der Waals surface area (Å²) in [5.74, 6) is 18.8. The van der Waals surface area contributed by atoms with Crippen LogP contribution in [0.25, 0.3) is 11.0 Å². The van der Waals surface area contributed by atoms with E-state index >= 15 is 0 Å². The maximum atomic E-state index is 11.7. The number of para-hydroxylation sites is 2. The molecule has 8 nitrogen and oxygen atoms in total. The SMILES string of the molecule is C=CCC(C)C.CC(C)(C)C1CCC1.CC(C)C1CC2C=CC1C2.CC(C)C1CCCCC1.CC(C)CCS(=O)(=O)c1ccccc1.CC(C)Cc1ccc(Br)cc1.CC(C)c1ccco1.CC(C)c1cccs1.CC(C)c1ccoc1.CC(C)c1ccsc1.CC(C)c1nc2ccccc2[nH]1.CC(C)c1ncc[nH]1.CCCC(C)C(C)C.Cc1ccc(C(C)C)cc1.Cc1ccc(C(C)C)cc1. The number of hydrogen-bond donors (Lipinski definition) is 2. The molecule has 5 aromatic carbocycles. The van der Waals surface area contributed by atoms with E-state index in [1.165, 1.54) is 127 Å². The first-order valence-corrected chi connectivity index (χ1v) is 57.3. The lowest BCUT2D eigenvalue weighted by atomic mass is 9.69. The van der Waals surface area contributed by atoms with Crippen molar-refractivity contribution in [1.82, 2.24) is 19.9 Å². The van der Waals surface area contributed by atoms with Crippen LogP contribution in [0.4, 0.5) is 0 Å². The molecule has 0 radical (unpaired) electrons. The minimum Gasteiger partial charge on any atom is -0.472 e. The van der Waals surface area contributed by atoms with Crippen LogP contribution in [-0.4, -0.2) is 34.1 Å². The molecule has 3 saturated carbocycles. The van der Waals surface area contributed by atoms with E-state index < -0.39 is 9.84 Å². The summed E-state index contributed by atoms with van der Waals surface area (Å²) >= 11 is 7.01. The Morgan fingerprint density at radius 1 is 0.522 bits per heavy atom. The lowest BCUT2D eigenvalue weighted by Gasteiger charge is -2.37. The summed E-state index contributed by atoms with van der Waals surface area (Å²) in [5.41, 5.74) is 12.4. The van der Waals surface area contributed by atoms with E-state index in [1.807, 2.05) is 86.0 Å². The predicted octanol–water partition coefficient (Wildman–Crippen LogP) is 41.4. The molecule has 0 spiro atoms. The van der Waals surface area contributed by atoms with Crippen molar-refractivity contribution in [2.24, 2.45) is 76.4 Å². The number of aromatic amines is 2. The molecule has 2 bridgehead atoms. The average molecular weight is 2010 g/mol. The van der Waals surface area contributed by atoms with Crippen molar-refractivity contribution in [3.05, 3.63) is 302 Å². The number of halogens is 1. The first kappa shape index (κ1) is 129. The molecule has 6 aromatic heterocycles. The molecule has 4 aliphatic carbocycles. The van der Waals surface area contributed by atoms with Gasteiger partial charge in [0, 0.05) is 39.5 Å². The Balaban J connectivity index is 0.000000742. The number of thiophene rings is 2. The van der Waals surface area contributed by atoms with Gasteiger partial charge in [-0.2, -0.15) is 11.3 Å². The Morgan fingerprint density at radius 2 is 1.09 bits per heavy atom. The quantitative estimate of drug-likeness (QED) is 0.0692. The van der Waals surface area contributed by atoms with Crippen LogP contribution in [0.15, 0.2) is 254 Å². The molecule has 772 valence electrons. The molecule has 138 heavy (non-hydrogen) atoms. The Kier molecular flexibility index (Phi) is 67.9. The summed E-state index contributed by atoms with van der Waals surface area (Å²) < 4.78 is 34.6. The lowest BCUT2D eigenvalue weighted by Crippen LogP contribution is -2.26. The smallest absolute Gasteiger partial charge is 0.178 e. The van der Waals surface area contributed by atoms with Crippen LogP contribution in [0.1, 0.15) is 427 Å². The molecule has 4 aliphatic rings. The normalized spacial score (nSPS) is 14.8. The van der Waals surface area contributed by atoms with Gasteiger partial charge in [-0.05, 0) is 276 Å². The first-order valence-electron chi connectivity index (χ1n) is 53.0. The lowest BCUT2D eigenvalue weighted by molar-refractivity contribution is 0.141. The molecular formula is C126H199BrN4O4S3. The van der Waals surface area contributed by atoms with E-state index in [1.54, 1.807) is 60.6 Å². The van der Waals surface area contributed by atoms with Gasteiger partial charge in [-0.25, -0.2) is 18.4 Å². The number of nitrogens with zero attached hydrogens (tertiary/aromatic N) is 2. The molecule has 0 amide bonds. The number of aromatic nitrogens is 4. The molecule has 4 unspecified atom stereocenters. The number of allylic oxidation sites excluding steroid dienone is 3. The van der Waals surface area contributed by atoms with Crippen LogP contribution in [0.3, 0.4) is 0 Å². The van der Waals surface area contributed by atoms with Crippen LogP contribution in [0.2, 0.25) is 0 Å². The number of furan rings is 2. The van der Waals surface area contributed by atoms with Gasteiger partial charge in [-0.1, -0.05) is 422 Å². The zero-order valence-corrected chi connectivity index (χ0v) is 97.7. The van der Waals surface area contributed by atoms with Gasteiger partial charge >= 0.3 is 0 Å². The summed E-state index contributed by atoms with van der Waals surface area (Å²) in [6.07, 6.45) is 36.2. The van der Waals surface area contributed by atoms with Crippen LogP contribution >= 0.6 is 38.6 Å². The number of imidazole rings is 2. The third-order valence-corrected chi connectivity index (χ3v) is 29.6. The van der Waals surface area contributed by atoms with E-state index in [-0.39, 0.29) is 5.75 Å². The Labute approximate surface area is 864 Å². The van der Waals surface area contributed by atoms with E-state index in [9.17, 15) is 8.42 Å². The second-order valence-electron chi connectivity index (χ2n) is 44.1. The van der Waals surface area contributed by atoms with Gasteiger partial charge in [0.25, 0.3) is 0 Å². The van der Waals surface area contributed by atoms with Gasteiger partial charge in [0.15, 0.2) is 9.84 Å². The highest BCUT2D eigenvalue weighted by Crippen LogP contribution is 2.47. The molecule has 2 N–H and O–H groups in total. The molecule has 15 rings (SSSR count). The Bertz CT molecular complexity index is 4460. The third-order valence-electron chi connectivity index (χ3n) is 25.4. The molecule has 0 saturated heterocycles. The van der Waals surface area contributed by atoms with Gasteiger partial charge < -0.3 is 18.8 Å². The Morgan fingerprint density at radius 3 is 1.38 bits per heavy atom. The minimum absolute atomic E-state index is 0.245. The van der Waals surface area contributed by atoms with Crippen molar-refractivity contribution in [1.29, 1.82) is 0 Å². The highest BCUT2D eigenvalue weighted by atomic mass is 79.9. The van der Waals surface area contributed by atoms with Crippen LogP contribution in [0.5, 0.6) is 0 Å². The van der Waals surface area contributed by atoms with E-state index in [2.05, 4.69) is 390 Å². The van der Waals surface area contributed by atoms with Crippen LogP contribution < -0.4 is 0 Å². The number of benzene rings is 5. The van der Waals surface area contributed by atoms with Crippen molar-refractivity contribution in [2.45, 2.75) is 391 Å². The summed E-state index contributed by atoms with van der Waals surface area (Å²) in [6.45, 7) is 81.1. The van der Waals surface area contributed by atoms with Crippen LogP contribution in [0, 0.1) is 90.3 Å². The molecule has 6 heterocycles.